The number of methoxy groups -OCH3 is 1. The number of hydrogen-bond acceptors (Lipinski definition) is 10. The summed E-state index contributed by atoms with van der Waals surface area (Å²) in [4.78, 5) is 26.2. The lowest BCUT2D eigenvalue weighted by Crippen LogP contribution is -2.60. The standard InChI is InChI=1S/C25H22O10/c1-33-16-4-9(2-3-14(16)27)18-11-7-12(20-13(18)8-34-25(20,32)24(11)31)23-22(30)21(29)19-15(28)5-10(26)6-17(19)35-23/h2-6,11-13,18,20,26-28,30,32H,7-8H2,1H3/t11?,12?,13?,18-,20?,25+/m0/s1. The van der Waals surface area contributed by atoms with E-state index in [1.165, 1.54) is 13.2 Å². The van der Waals surface area contributed by atoms with Gasteiger partial charge in [0.1, 0.15) is 22.5 Å². The van der Waals surface area contributed by atoms with Crippen LogP contribution in [0.3, 0.4) is 0 Å². The van der Waals surface area contributed by atoms with Gasteiger partial charge in [0.15, 0.2) is 23.0 Å². The third kappa shape index (κ3) is 2.77. The van der Waals surface area contributed by atoms with Crippen LogP contribution in [0.1, 0.15) is 29.6 Å². The van der Waals surface area contributed by atoms with E-state index in [-0.39, 0.29) is 58.8 Å². The molecule has 3 aliphatic carbocycles. The lowest BCUT2D eigenvalue weighted by atomic mass is 9.51. The number of carbonyl (C=O) groups excluding carboxylic acids is 1. The Hall–Kier alpha value is -3.76. The highest BCUT2D eigenvalue weighted by molar-refractivity contribution is 5.92. The molecule has 4 aliphatic rings. The Morgan fingerprint density at radius 3 is 2.54 bits per heavy atom. The summed E-state index contributed by atoms with van der Waals surface area (Å²) in [5.41, 5.74) is -0.280. The number of hydrogen-bond donors (Lipinski definition) is 5. The van der Waals surface area contributed by atoms with Crippen molar-refractivity contribution in [1.82, 2.24) is 0 Å². The van der Waals surface area contributed by atoms with Gasteiger partial charge in [-0.3, -0.25) is 9.59 Å². The number of ether oxygens (including phenoxy) is 2. The molecule has 10 nitrogen and oxygen atoms in total. The van der Waals surface area contributed by atoms with Crippen molar-refractivity contribution in [2.75, 3.05) is 13.7 Å². The van der Waals surface area contributed by atoms with Crippen molar-refractivity contribution in [2.24, 2.45) is 17.8 Å². The molecule has 35 heavy (non-hydrogen) atoms. The molecule has 0 amide bonds. The molecule has 4 fully saturated rings. The summed E-state index contributed by atoms with van der Waals surface area (Å²) >= 11 is 0. The Labute approximate surface area is 197 Å². The number of aliphatic hydroxyl groups is 1. The van der Waals surface area contributed by atoms with Gasteiger partial charge in [0.25, 0.3) is 0 Å². The van der Waals surface area contributed by atoms with E-state index >= 15 is 0 Å². The average molecular weight is 482 g/mol. The van der Waals surface area contributed by atoms with E-state index in [0.29, 0.717) is 0 Å². The maximum Gasteiger partial charge on any atom is 0.238 e. The van der Waals surface area contributed by atoms with Crippen LogP contribution in [0, 0.1) is 17.8 Å². The topological polar surface area (TPSA) is 167 Å². The van der Waals surface area contributed by atoms with Crippen LogP contribution >= 0.6 is 0 Å². The average Bonchev–Trinajstić information content (AvgIpc) is 3.14. The van der Waals surface area contributed by atoms with Crippen molar-refractivity contribution in [2.45, 2.75) is 24.0 Å². The minimum atomic E-state index is -2.10. The number of rotatable bonds is 3. The van der Waals surface area contributed by atoms with E-state index in [4.69, 9.17) is 13.9 Å². The number of Topliss-reactive ketones (excluding diaryl/α,β-unsaturated/α-hetero) is 1. The molecule has 5 N–H and O–H groups in total. The van der Waals surface area contributed by atoms with Crippen molar-refractivity contribution < 1.29 is 44.2 Å². The molecule has 3 saturated carbocycles. The molecular formula is C25H22O10. The zero-order valence-electron chi connectivity index (χ0n) is 18.5. The predicted octanol–water partition coefficient (Wildman–Crippen LogP) is 2.05. The smallest absolute Gasteiger partial charge is 0.238 e. The summed E-state index contributed by atoms with van der Waals surface area (Å²) in [6.07, 6.45) is 0.159. The van der Waals surface area contributed by atoms with Gasteiger partial charge in [0, 0.05) is 29.9 Å². The predicted molar refractivity (Wildman–Crippen MR) is 119 cm³/mol. The van der Waals surface area contributed by atoms with Gasteiger partial charge < -0.3 is 39.4 Å². The monoisotopic (exact) mass is 482 g/mol. The first-order valence-electron chi connectivity index (χ1n) is 11.1. The van der Waals surface area contributed by atoms with Crippen LogP contribution in [0.15, 0.2) is 39.5 Å². The van der Waals surface area contributed by atoms with Gasteiger partial charge in [-0.1, -0.05) is 6.07 Å². The highest BCUT2D eigenvalue weighted by Crippen LogP contribution is 2.65. The minimum absolute atomic E-state index is 0.0463. The van der Waals surface area contributed by atoms with Crippen molar-refractivity contribution >= 4 is 16.8 Å². The Bertz CT molecular complexity index is 1460. The fourth-order valence-electron chi connectivity index (χ4n) is 6.44. The Balaban J connectivity index is 1.50. The Morgan fingerprint density at radius 2 is 1.80 bits per heavy atom. The van der Waals surface area contributed by atoms with E-state index in [2.05, 4.69) is 0 Å². The molecule has 0 radical (unpaired) electrons. The number of phenolic OH excluding ortho intramolecular Hbond substituents is 3. The van der Waals surface area contributed by atoms with E-state index < -0.39 is 46.3 Å². The van der Waals surface area contributed by atoms with Gasteiger partial charge in [-0.15, -0.1) is 0 Å². The molecule has 2 aromatic carbocycles. The van der Waals surface area contributed by atoms with Crippen LogP contribution in [-0.2, 0) is 9.53 Å². The minimum Gasteiger partial charge on any atom is -0.508 e. The zero-order chi connectivity index (χ0) is 24.8. The molecule has 182 valence electrons. The number of phenols is 3. The molecule has 1 saturated heterocycles. The third-order valence-electron chi connectivity index (χ3n) is 7.82. The van der Waals surface area contributed by atoms with Gasteiger partial charge >= 0.3 is 0 Å². The molecule has 1 aliphatic heterocycles. The molecule has 4 unspecified atom stereocenters. The van der Waals surface area contributed by atoms with Crippen LogP contribution in [0.25, 0.3) is 11.0 Å². The second-order valence-corrected chi connectivity index (χ2v) is 9.45. The summed E-state index contributed by atoms with van der Waals surface area (Å²) < 4.78 is 16.7. The normalized spacial score (nSPS) is 31.3. The number of carbonyl (C=O) groups is 1. The summed E-state index contributed by atoms with van der Waals surface area (Å²) in [5.74, 6) is -7.15. The van der Waals surface area contributed by atoms with E-state index in [1.807, 2.05) is 0 Å². The van der Waals surface area contributed by atoms with Crippen LogP contribution < -0.4 is 10.2 Å². The zero-order valence-corrected chi connectivity index (χ0v) is 18.5. The summed E-state index contributed by atoms with van der Waals surface area (Å²) in [6.45, 7) is 0.0634. The van der Waals surface area contributed by atoms with Crippen LogP contribution in [0.5, 0.6) is 28.7 Å². The summed E-state index contributed by atoms with van der Waals surface area (Å²) in [7, 11) is 1.42. The Kier molecular flexibility index (Phi) is 4.43. The fourth-order valence-corrected chi connectivity index (χ4v) is 6.44. The first-order valence-corrected chi connectivity index (χ1v) is 11.1. The highest BCUT2D eigenvalue weighted by atomic mass is 16.6. The number of aromatic hydroxyl groups is 4. The fraction of sp³-hybridized carbons (Fsp3) is 0.360. The Morgan fingerprint density at radius 1 is 1.03 bits per heavy atom. The van der Waals surface area contributed by atoms with Crippen molar-refractivity contribution in [3.05, 3.63) is 51.9 Å². The maximum absolute atomic E-state index is 13.3. The number of ketones is 1. The highest BCUT2D eigenvalue weighted by Gasteiger charge is 2.70. The van der Waals surface area contributed by atoms with Gasteiger partial charge in [-0.25, -0.2) is 0 Å². The largest absolute Gasteiger partial charge is 0.508 e. The third-order valence-corrected chi connectivity index (χ3v) is 7.82. The number of benzene rings is 2. The quantitative estimate of drug-likeness (QED) is 0.373. The van der Waals surface area contributed by atoms with Crippen molar-refractivity contribution in [3.8, 4) is 28.7 Å². The molecule has 3 aromatic rings. The molecule has 10 heteroatoms. The van der Waals surface area contributed by atoms with E-state index in [9.17, 15) is 35.1 Å². The van der Waals surface area contributed by atoms with E-state index in [0.717, 1.165) is 17.7 Å². The molecule has 0 spiro atoms. The first-order chi connectivity index (χ1) is 16.7. The van der Waals surface area contributed by atoms with Gasteiger partial charge in [0.05, 0.1) is 13.7 Å². The van der Waals surface area contributed by atoms with Crippen LogP contribution in [-0.4, -0.2) is 50.8 Å². The maximum atomic E-state index is 13.3. The second-order valence-electron chi connectivity index (χ2n) is 9.45. The molecule has 1 aromatic heterocycles. The van der Waals surface area contributed by atoms with Crippen LogP contribution in [0.4, 0.5) is 0 Å². The van der Waals surface area contributed by atoms with Crippen molar-refractivity contribution in [1.29, 1.82) is 0 Å². The summed E-state index contributed by atoms with van der Waals surface area (Å²) in [6, 6.07) is 6.94. The van der Waals surface area contributed by atoms with Gasteiger partial charge in [0.2, 0.25) is 17.0 Å². The first kappa shape index (κ1) is 21.8. The van der Waals surface area contributed by atoms with Gasteiger partial charge in [-0.05, 0) is 36.0 Å². The molecule has 4 bridgehead atoms. The van der Waals surface area contributed by atoms with Gasteiger partial charge in [-0.2, -0.15) is 0 Å². The molecule has 2 heterocycles. The molecule has 6 atom stereocenters. The van der Waals surface area contributed by atoms with Crippen LogP contribution in [0.2, 0.25) is 0 Å². The lowest BCUT2D eigenvalue weighted by Gasteiger charge is -2.52. The molecule has 7 rings (SSSR count). The number of fused-ring (bicyclic) bond motifs is 2. The lowest BCUT2D eigenvalue weighted by molar-refractivity contribution is -0.221. The van der Waals surface area contributed by atoms with Crippen molar-refractivity contribution in [3.63, 3.8) is 0 Å². The van der Waals surface area contributed by atoms with E-state index in [1.54, 1.807) is 12.1 Å². The SMILES string of the molecule is COc1cc([C@H]2C3CC(c4oc5cc(O)cc(O)c5c(=O)c4O)C4C2CO[C@@]4(O)C3=O)ccc1O. The molecular weight excluding hydrogens is 460 g/mol. The summed E-state index contributed by atoms with van der Waals surface area (Å²) in [5, 5.41) is 51.7. The second kappa shape index (κ2) is 7.12.